The van der Waals surface area contributed by atoms with Crippen LogP contribution >= 0.6 is 11.3 Å². The highest BCUT2D eigenvalue weighted by molar-refractivity contribution is 7.13. The van der Waals surface area contributed by atoms with Crippen molar-refractivity contribution in [2.24, 2.45) is 0 Å². The molecule has 6 heteroatoms. The molecule has 0 spiro atoms. The molecule has 0 radical (unpaired) electrons. The molecule has 0 aliphatic carbocycles. The van der Waals surface area contributed by atoms with Gasteiger partial charge in [0.1, 0.15) is 17.4 Å². The van der Waals surface area contributed by atoms with E-state index in [1.54, 1.807) is 5.38 Å². The van der Waals surface area contributed by atoms with Crippen LogP contribution in [0.1, 0.15) is 11.3 Å². The van der Waals surface area contributed by atoms with E-state index in [-0.39, 0.29) is 24.2 Å². The Kier molecular flexibility index (Phi) is 3.66. The number of halogens is 2. The molecular formula is C12H10F2N2OS. The van der Waals surface area contributed by atoms with Gasteiger partial charge in [0, 0.05) is 18.2 Å². The van der Waals surface area contributed by atoms with Crippen LogP contribution in [0.25, 0.3) is 0 Å². The monoisotopic (exact) mass is 268 g/mol. The molecule has 94 valence electrons. The van der Waals surface area contributed by atoms with Crippen molar-refractivity contribution in [3.63, 3.8) is 0 Å². The smallest absolute Gasteiger partial charge is 0.180 e. The molecule has 0 aliphatic rings. The molecule has 0 atom stereocenters. The number of nitrogens with zero attached hydrogens (tertiary/aromatic N) is 1. The Morgan fingerprint density at radius 2 is 2.11 bits per heavy atom. The maximum Gasteiger partial charge on any atom is 0.180 e. The van der Waals surface area contributed by atoms with E-state index in [2.05, 4.69) is 4.98 Å². The zero-order valence-corrected chi connectivity index (χ0v) is 10.1. The quantitative estimate of drug-likeness (QED) is 0.926. The van der Waals surface area contributed by atoms with Gasteiger partial charge in [-0.2, -0.15) is 0 Å². The first-order valence-electron chi connectivity index (χ1n) is 5.20. The normalized spacial score (nSPS) is 10.6. The molecule has 2 aromatic rings. The van der Waals surface area contributed by atoms with Crippen LogP contribution in [-0.4, -0.2) is 10.8 Å². The number of carbonyl (C=O) groups excluding carboxylic acids is 1. The van der Waals surface area contributed by atoms with Crippen LogP contribution in [-0.2, 0) is 17.6 Å². The summed E-state index contributed by atoms with van der Waals surface area (Å²) < 4.78 is 26.2. The Bertz CT molecular complexity index is 583. The number of Topliss-reactive ketones (excluding diaryl/α,β-unsaturated/α-hetero) is 1. The zero-order valence-electron chi connectivity index (χ0n) is 9.32. The first-order chi connectivity index (χ1) is 8.54. The predicted molar refractivity (Wildman–Crippen MR) is 65.3 cm³/mol. The van der Waals surface area contributed by atoms with E-state index >= 15 is 0 Å². The van der Waals surface area contributed by atoms with E-state index in [0.717, 1.165) is 18.2 Å². The van der Waals surface area contributed by atoms with E-state index in [1.165, 1.54) is 11.3 Å². The second kappa shape index (κ2) is 5.22. The van der Waals surface area contributed by atoms with Gasteiger partial charge in [-0.05, 0) is 23.8 Å². The lowest BCUT2D eigenvalue weighted by Crippen LogP contribution is -2.08. The van der Waals surface area contributed by atoms with Crippen molar-refractivity contribution in [1.82, 2.24) is 4.98 Å². The Morgan fingerprint density at radius 1 is 1.33 bits per heavy atom. The van der Waals surface area contributed by atoms with E-state index in [1.807, 2.05) is 0 Å². The maximum atomic E-state index is 13.3. The van der Waals surface area contributed by atoms with Gasteiger partial charge >= 0.3 is 0 Å². The third kappa shape index (κ3) is 3.10. The van der Waals surface area contributed by atoms with Crippen molar-refractivity contribution in [3.05, 3.63) is 46.5 Å². The van der Waals surface area contributed by atoms with Gasteiger partial charge in [-0.3, -0.25) is 4.79 Å². The highest BCUT2D eigenvalue weighted by Gasteiger charge is 2.11. The van der Waals surface area contributed by atoms with Crippen molar-refractivity contribution >= 4 is 22.3 Å². The van der Waals surface area contributed by atoms with Crippen LogP contribution in [0.15, 0.2) is 23.6 Å². The second-order valence-electron chi connectivity index (χ2n) is 3.81. The number of hydrogen-bond acceptors (Lipinski definition) is 4. The minimum Gasteiger partial charge on any atom is -0.375 e. The van der Waals surface area contributed by atoms with Crippen molar-refractivity contribution in [1.29, 1.82) is 0 Å². The van der Waals surface area contributed by atoms with E-state index in [9.17, 15) is 13.6 Å². The number of nitrogens with two attached hydrogens (primary N) is 1. The van der Waals surface area contributed by atoms with Crippen molar-refractivity contribution < 1.29 is 13.6 Å². The van der Waals surface area contributed by atoms with E-state index in [0.29, 0.717) is 10.8 Å². The van der Waals surface area contributed by atoms with Gasteiger partial charge in [0.15, 0.2) is 5.13 Å². The van der Waals surface area contributed by atoms with Crippen LogP contribution in [0.4, 0.5) is 13.9 Å². The number of ketones is 1. The molecule has 1 aromatic carbocycles. The molecule has 2 rings (SSSR count). The topological polar surface area (TPSA) is 56.0 Å². The summed E-state index contributed by atoms with van der Waals surface area (Å²) in [6, 6.07) is 3.06. The number of nitrogen functional groups attached to an aromatic ring is 1. The van der Waals surface area contributed by atoms with Gasteiger partial charge in [-0.25, -0.2) is 13.8 Å². The molecule has 0 fully saturated rings. The maximum absolute atomic E-state index is 13.3. The summed E-state index contributed by atoms with van der Waals surface area (Å²) in [7, 11) is 0. The fraction of sp³-hybridized carbons (Fsp3) is 0.167. The molecule has 0 bridgehead atoms. The van der Waals surface area contributed by atoms with E-state index in [4.69, 9.17) is 5.73 Å². The summed E-state index contributed by atoms with van der Waals surface area (Å²) >= 11 is 1.24. The fourth-order valence-corrected chi connectivity index (χ4v) is 2.12. The summed E-state index contributed by atoms with van der Waals surface area (Å²) in [5.41, 5.74) is 6.05. The van der Waals surface area contributed by atoms with Crippen LogP contribution < -0.4 is 5.73 Å². The first-order valence-corrected chi connectivity index (χ1v) is 6.08. The standard InChI is InChI=1S/C12H10F2N2OS/c13-8-1-2-11(14)7(3-8)4-10(17)5-9-6-18-12(15)16-9/h1-3,6H,4-5H2,(H2,15,16). The van der Waals surface area contributed by atoms with Gasteiger partial charge < -0.3 is 5.73 Å². The SMILES string of the molecule is Nc1nc(CC(=O)Cc2cc(F)ccc2F)cs1. The summed E-state index contributed by atoms with van der Waals surface area (Å²) in [5, 5.41) is 2.06. The molecule has 0 unspecified atom stereocenters. The summed E-state index contributed by atoms with van der Waals surface area (Å²) in [4.78, 5) is 15.6. The van der Waals surface area contributed by atoms with Gasteiger partial charge in [-0.15, -0.1) is 11.3 Å². The summed E-state index contributed by atoms with van der Waals surface area (Å²) in [6.07, 6.45) is -0.0787. The molecule has 0 amide bonds. The highest BCUT2D eigenvalue weighted by atomic mass is 32.1. The Balaban J connectivity index is 2.05. The van der Waals surface area contributed by atoms with Crippen LogP contribution in [0, 0.1) is 11.6 Å². The zero-order chi connectivity index (χ0) is 13.1. The molecule has 2 N–H and O–H groups in total. The van der Waals surface area contributed by atoms with Gasteiger partial charge in [0.2, 0.25) is 0 Å². The fourth-order valence-electron chi connectivity index (χ4n) is 1.56. The second-order valence-corrected chi connectivity index (χ2v) is 4.69. The number of benzene rings is 1. The van der Waals surface area contributed by atoms with Gasteiger partial charge in [0.05, 0.1) is 5.69 Å². The Morgan fingerprint density at radius 3 is 2.78 bits per heavy atom. The van der Waals surface area contributed by atoms with Gasteiger partial charge in [0.25, 0.3) is 0 Å². The lowest BCUT2D eigenvalue weighted by Gasteiger charge is -2.02. The minimum atomic E-state index is -0.581. The molecule has 1 aromatic heterocycles. The summed E-state index contributed by atoms with van der Waals surface area (Å²) in [5.74, 6) is -1.37. The highest BCUT2D eigenvalue weighted by Crippen LogP contribution is 2.14. The molecule has 0 aliphatic heterocycles. The van der Waals surface area contributed by atoms with Crippen LogP contribution in [0.2, 0.25) is 0 Å². The lowest BCUT2D eigenvalue weighted by atomic mass is 10.1. The lowest BCUT2D eigenvalue weighted by molar-refractivity contribution is -0.117. The molecule has 1 heterocycles. The van der Waals surface area contributed by atoms with Crippen molar-refractivity contribution in [2.75, 3.05) is 5.73 Å². The van der Waals surface area contributed by atoms with E-state index < -0.39 is 11.6 Å². The number of anilines is 1. The summed E-state index contributed by atoms with van der Waals surface area (Å²) in [6.45, 7) is 0. The number of hydrogen-bond donors (Lipinski definition) is 1. The average Bonchev–Trinajstić information content (AvgIpc) is 2.69. The Hall–Kier alpha value is -1.82. The van der Waals surface area contributed by atoms with Gasteiger partial charge in [-0.1, -0.05) is 0 Å². The number of thiazole rings is 1. The largest absolute Gasteiger partial charge is 0.375 e. The molecule has 3 nitrogen and oxygen atoms in total. The Labute approximate surface area is 106 Å². The molecule has 0 saturated carbocycles. The van der Waals surface area contributed by atoms with Crippen LogP contribution in [0.3, 0.4) is 0 Å². The molecular weight excluding hydrogens is 258 g/mol. The number of carbonyl (C=O) groups is 1. The van der Waals surface area contributed by atoms with Crippen molar-refractivity contribution in [3.8, 4) is 0 Å². The number of aromatic nitrogens is 1. The minimum absolute atomic E-state index is 0.0585. The first kappa shape index (κ1) is 12.6. The van der Waals surface area contributed by atoms with Crippen molar-refractivity contribution in [2.45, 2.75) is 12.8 Å². The predicted octanol–water partition coefficient (Wildman–Crippen LogP) is 2.36. The third-order valence-corrected chi connectivity index (χ3v) is 3.07. The molecule has 18 heavy (non-hydrogen) atoms. The average molecular weight is 268 g/mol. The molecule has 0 saturated heterocycles. The number of rotatable bonds is 4. The third-order valence-electron chi connectivity index (χ3n) is 2.34. The van der Waals surface area contributed by atoms with Crippen LogP contribution in [0.5, 0.6) is 0 Å².